The Morgan fingerprint density at radius 3 is 2.58 bits per heavy atom. The van der Waals surface area contributed by atoms with Gasteiger partial charge in [-0.3, -0.25) is 4.79 Å². The van der Waals surface area contributed by atoms with E-state index in [9.17, 15) is 4.79 Å². The van der Waals surface area contributed by atoms with E-state index in [1.54, 1.807) is 18.2 Å². The normalized spacial score (nSPS) is 19.1. The predicted octanol–water partition coefficient (Wildman–Crippen LogP) is 3.62. The van der Waals surface area contributed by atoms with Crippen LogP contribution in [0.4, 0.5) is 5.69 Å². The topological polar surface area (TPSA) is 55.1 Å². The summed E-state index contributed by atoms with van der Waals surface area (Å²) in [5.74, 6) is -0.159. The van der Waals surface area contributed by atoms with Crippen LogP contribution in [0.15, 0.2) is 18.2 Å². The van der Waals surface area contributed by atoms with E-state index in [0.717, 1.165) is 25.7 Å². The lowest BCUT2D eigenvalue weighted by atomic mass is 9.75. The molecule has 0 saturated heterocycles. The summed E-state index contributed by atoms with van der Waals surface area (Å²) in [6.45, 7) is 4.55. The average molecular weight is 281 g/mol. The van der Waals surface area contributed by atoms with Crippen molar-refractivity contribution in [1.29, 1.82) is 0 Å². The monoisotopic (exact) mass is 280 g/mol. The van der Waals surface area contributed by atoms with E-state index in [4.69, 9.17) is 17.3 Å². The van der Waals surface area contributed by atoms with Gasteiger partial charge in [-0.2, -0.15) is 0 Å². The van der Waals surface area contributed by atoms with Crippen molar-refractivity contribution in [2.75, 3.05) is 5.73 Å². The SMILES string of the molecule is CC1(C)CCC(NC(=O)c2c(N)cccc2Cl)CC1. The highest BCUT2D eigenvalue weighted by atomic mass is 35.5. The summed E-state index contributed by atoms with van der Waals surface area (Å²) in [6.07, 6.45) is 4.30. The van der Waals surface area contributed by atoms with Crippen molar-refractivity contribution in [3.8, 4) is 0 Å². The number of nitrogen functional groups attached to an aromatic ring is 1. The lowest BCUT2D eigenvalue weighted by molar-refractivity contribution is 0.0910. The standard InChI is InChI=1S/C15H21ClN2O/c1-15(2)8-6-10(7-9-15)18-14(19)13-11(16)4-3-5-12(13)17/h3-5,10H,6-9,17H2,1-2H3,(H,18,19). The molecule has 4 heteroatoms. The van der Waals surface area contributed by atoms with Crippen molar-refractivity contribution >= 4 is 23.2 Å². The van der Waals surface area contributed by atoms with Gasteiger partial charge in [-0.25, -0.2) is 0 Å². The summed E-state index contributed by atoms with van der Waals surface area (Å²) in [5.41, 5.74) is 7.05. The molecule has 3 N–H and O–H groups in total. The van der Waals surface area contributed by atoms with Crippen LogP contribution in [-0.4, -0.2) is 11.9 Å². The molecule has 1 amide bonds. The number of halogens is 1. The first-order valence-electron chi connectivity index (χ1n) is 6.74. The molecule has 19 heavy (non-hydrogen) atoms. The molecule has 0 bridgehead atoms. The zero-order valence-electron chi connectivity index (χ0n) is 11.5. The molecule has 0 aliphatic heterocycles. The third-order valence-corrected chi connectivity index (χ3v) is 4.26. The van der Waals surface area contributed by atoms with Crippen molar-refractivity contribution in [2.24, 2.45) is 5.41 Å². The number of carbonyl (C=O) groups is 1. The van der Waals surface area contributed by atoms with Crippen LogP contribution in [0.1, 0.15) is 49.9 Å². The Balaban J connectivity index is 2.02. The van der Waals surface area contributed by atoms with Crippen molar-refractivity contribution < 1.29 is 4.79 Å². The number of hydrogen-bond acceptors (Lipinski definition) is 2. The van der Waals surface area contributed by atoms with Gasteiger partial charge >= 0.3 is 0 Å². The molecule has 1 aromatic rings. The molecule has 0 aromatic heterocycles. The van der Waals surface area contributed by atoms with Gasteiger partial charge < -0.3 is 11.1 Å². The molecule has 1 aliphatic carbocycles. The highest BCUT2D eigenvalue weighted by molar-refractivity contribution is 6.34. The number of nitrogens with two attached hydrogens (primary N) is 1. The van der Waals surface area contributed by atoms with Gasteiger partial charge in [0, 0.05) is 11.7 Å². The molecule has 104 valence electrons. The van der Waals surface area contributed by atoms with Gasteiger partial charge in [-0.05, 0) is 43.2 Å². The molecule has 1 saturated carbocycles. The van der Waals surface area contributed by atoms with Crippen LogP contribution in [0.2, 0.25) is 5.02 Å². The van der Waals surface area contributed by atoms with Gasteiger partial charge in [0.15, 0.2) is 0 Å². The fourth-order valence-electron chi connectivity index (χ4n) is 2.58. The predicted molar refractivity (Wildman–Crippen MR) is 79.4 cm³/mol. The molecule has 2 rings (SSSR count). The fraction of sp³-hybridized carbons (Fsp3) is 0.533. The Hall–Kier alpha value is -1.22. The summed E-state index contributed by atoms with van der Waals surface area (Å²) in [5, 5.41) is 3.46. The summed E-state index contributed by atoms with van der Waals surface area (Å²) in [6, 6.07) is 5.37. The number of carbonyl (C=O) groups excluding carboxylic acids is 1. The van der Waals surface area contributed by atoms with Crippen molar-refractivity contribution in [3.63, 3.8) is 0 Å². The minimum Gasteiger partial charge on any atom is -0.398 e. The van der Waals surface area contributed by atoms with Crippen LogP contribution in [0, 0.1) is 5.41 Å². The third-order valence-electron chi connectivity index (χ3n) is 3.95. The minimum absolute atomic E-state index is 0.159. The Morgan fingerprint density at radius 2 is 2.00 bits per heavy atom. The lowest BCUT2D eigenvalue weighted by Gasteiger charge is -2.34. The maximum absolute atomic E-state index is 12.2. The van der Waals surface area contributed by atoms with Gasteiger partial charge in [-0.1, -0.05) is 31.5 Å². The highest BCUT2D eigenvalue weighted by Crippen LogP contribution is 2.35. The van der Waals surface area contributed by atoms with E-state index in [0.29, 0.717) is 21.7 Å². The van der Waals surface area contributed by atoms with E-state index >= 15 is 0 Å². The second-order valence-electron chi connectivity index (χ2n) is 6.12. The molecule has 0 radical (unpaired) electrons. The number of amides is 1. The second-order valence-corrected chi connectivity index (χ2v) is 6.52. The van der Waals surface area contributed by atoms with Gasteiger partial charge in [0.2, 0.25) is 0 Å². The number of nitrogens with one attached hydrogen (secondary N) is 1. The largest absolute Gasteiger partial charge is 0.398 e. The van der Waals surface area contributed by atoms with Crippen molar-refractivity contribution in [3.05, 3.63) is 28.8 Å². The van der Waals surface area contributed by atoms with Crippen LogP contribution in [0.3, 0.4) is 0 Å². The van der Waals surface area contributed by atoms with Gasteiger partial charge in [-0.15, -0.1) is 0 Å². The van der Waals surface area contributed by atoms with Crippen LogP contribution in [0.25, 0.3) is 0 Å². The van der Waals surface area contributed by atoms with Gasteiger partial charge in [0.05, 0.1) is 10.6 Å². The first-order chi connectivity index (χ1) is 8.89. The zero-order valence-corrected chi connectivity index (χ0v) is 12.3. The third kappa shape index (κ3) is 3.41. The average Bonchev–Trinajstić information content (AvgIpc) is 2.32. The molecule has 3 nitrogen and oxygen atoms in total. The summed E-state index contributed by atoms with van der Waals surface area (Å²) in [7, 11) is 0. The molecular weight excluding hydrogens is 260 g/mol. The van der Waals surface area contributed by atoms with Crippen LogP contribution < -0.4 is 11.1 Å². The smallest absolute Gasteiger partial charge is 0.255 e. The maximum atomic E-state index is 12.2. The van der Waals surface area contributed by atoms with Gasteiger partial charge in [0.1, 0.15) is 0 Å². The first kappa shape index (κ1) is 14.2. The van der Waals surface area contributed by atoms with Gasteiger partial charge in [0.25, 0.3) is 5.91 Å². The fourth-order valence-corrected chi connectivity index (χ4v) is 2.85. The molecule has 1 aliphatic rings. The molecular formula is C15H21ClN2O. The molecule has 0 atom stereocenters. The van der Waals surface area contributed by atoms with Crippen molar-refractivity contribution in [2.45, 2.75) is 45.6 Å². The molecule has 0 unspecified atom stereocenters. The Morgan fingerprint density at radius 1 is 1.37 bits per heavy atom. The minimum atomic E-state index is -0.159. The summed E-state index contributed by atoms with van der Waals surface area (Å²) < 4.78 is 0. The number of anilines is 1. The molecule has 0 spiro atoms. The lowest BCUT2D eigenvalue weighted by Crippen LogP contribution is -2.39. The maximum Gasteiger partial charge on any atom is 0.255 e. The van der Waals surface area contributed by atoms with E-state index in [1.165, 1.54) is 0 Å². The van der Waals surface area contributed by atoms with E-state index in [1.807, 2.05) is 0 Å². The number of hydrogen-bond donors (Lipinski definition) is 2. The summed E-state index contributed by atoms with van der Waals surface area (Å²) in [4.78, 5) is 12.2. The van der Waals surface area contributed by atoms with Crippen LogP contribution in [0.5, 0.6) is 0 Å². The van der Waals surface area contributed by atoms with Crippen molar-refractivity contribution in [1.82, 2.24) is 5.32 Å². The second kappa shape index (κ2) is 5.41. The van der Waals surface area contributed by atoms with E-state index in [2.05, 4.69) is 19.2 Å². The molecule has 1 aromatic carbocycles. The first-order valence-corrected chi connectivity index (χ1v) is 7.12. The Kier molecular flexibility index (Phi) is 4.04. The zero-order chi connectivity index (χ0) is 14.0. The Bertz CT molecular complexity index is 455. The molecule has 1 fully saturated rings. The quantitative estimate of drug-likeness (QED) is 0.813. The Labute approximate surface area is 119 Å². The van der Waals surface area contributed by atoms with Crippen LogP contribution >= 0.6 is 11.6 Å². The highest BCUT2D eigenvalue weighted by Gasteiger charge is 2.28. The van der Waals surface area contributed by atoms with Crippen LogP contribution in [-0.2, 0) is 0 Å². The number of rotatable bonds is 2. The summed E-state index contributed by atoms with van der Waals surface area (Å²) >= 11 is 6.05. The van der Waals surface area contributed by atoms with E-state index < -0.39 is 0 Å². The number of benzene rings is 1. The molecule has 0 heterocycles. The van der Waals surface area contributed by atoms with E-state index in [-0.39, 0.29) is 11.9 Å².